The normalized spacial score (nSPS) is 13.9. The minimum absolute atomic E-state index is 0.185. The zero-order valence-electron chi connectivity index (χ0n) is 20.3. The van der Waals surface area contributed by atoms with E-state index in [1.54, 1.807) is 16.8 Å². The van der Waals surface area contributed by atoms with Crippen molar-refractivity contribution in [2.75, 3.05) is 11.9 Å². The Hall–Kier alpha value is -3.94. The number of para-hydroxylation sites is 1. The number of benzene rings is 3. The zero-order chi connectivity index (χ0) is 25.1. The second-order valence-corrected chi connectivity index (χ2v) is 9.38. The highest BCUT2D eigenvalue weighted by Gasteiger charge is 2.25. The maximum absolute atomic E-state index is 13.4. The van der Waals surface area contributed by atoms with E-state index < -0.39 is 0 Å². The monoisotopic (exact) mass is 481 g/mol. The maximum atomic E-state index is 13.4. The molecule has 36 heavy (non-hydrogen) atoms. The quantitative estimate of drug-likeness (QED) is 0.278. The Balaban J connectivity index is 1.42. The van der Waals surface area contributed by atoms with E-state index in [0.717, 1.165) is 34.6 Å². The maximum Gasteiger partial charge on any atom is 0.274 e. The number of nitrogens with one attached hydrogen (secondary N) is 2. The van der Waals surface area contributed by atoms with E-state index in [2.05, 4.69) is 15.7 Å². The molecule has 1 aliphatic carbocycles. The van der Waals surface area contributed by atoms with Crippen molar-refractivity contribution in [1.82, 2.24) is 15.1 Å². The molecule has 0 bridgehead atoms. The minimum atomic E-state index is -0.254. The van der Waals surface area contributed by atoms with E-state index in [-0.39, 0.29) is 17.7 Å². The summed E-state index contributed by atoms with van der Waals surface area (Å²) in [6.07, 6.45) is 2.47. The van der Waals surface area contributed by atoms with Crippen molar-refractivity contribution in [3.63, 3.8) is 0 Å². The first-order valence-electron chi connectivity index (χ1n) is 12.3. The molecule has 1 saturated carbocycles. The summed E-state index contributed by atoms with van der Waals surface area (Å²) < 4.78 is 1.65. The second kappa shape index (κ2) is 10.4. The van der Waals surface area contributed by atoms with Crippen molar-refractivity contribution in [3.05, 3.63) is 107 Å². The largest absolute Gasteiger partial charge is 0.508 e. The molecule has 7 nitrogen and oxygen atoms in total. The number of hydrogen-bond acceptors (Lipinski definition) is 5. The van der Waals surface area contributed by atoms with E-state index in [1.165, 1.54) is 12.8 Å². The Morgan fingerprint density at radius 2 is 1.89 bits per heavy atom. The van der Waals surface area contributed by atoms with Gasteiger partial charge in [-0.2, -0.15) is 5.10 Å². The molecule has 1 unspecified atom stereocenters. The number of anilines is 1. The van der Waals surface area contributed by atoms with Crippen LogP contribution in [0.1, 0.15) is 51.8 Å². The van der Waals surface area contributed by atoms with Gasteiger partial charge in [-0.15, -0.1) is 0 Å². The van der Waals surface area contributed by atoms with Crippen LogP contribution in [0, 0.1) is 12.8 Å². The van der Waals surface area contributed by atoms with Crippen LogP contribution >= 0.6 is 0 Å². The number of carbonyl (C=O) groups excluding carboxylic acids is 1. The standard InChI is InChI=1S/C29H31N5O2/c1-19-14-26(34(33-19)24-9-4-6-21(15-24)17-30)29(36)32-23-8-5-7-22(16-23)28(31-18-20-12-13-20)25-10-2-3-11-27(25)35/h2-11,14-16,20,28,31,35H,12-13,17-18,30H2,1H3,(H,32,36). The summed E-state index contributed by atoms with van der Waals surface area (Å²) in [6, 6.07) is 24.4. The molecule has 1 aromatic heterocycles. The molecule has 184 valence electrons. The van der Waals surface area contributed by atoms with Gasteiger partial charge in [0.25, 0.3) is 5.91 Å². The number of phenolic OH excluding ortho intramolecular Hbond substituents is 1. The fourth-order valence-electron chi connectivity index (χ4n) is 4.41. The van der Waals surface area contributed by atoms with Gasteiger partial charge in [0.15, 0.2) is 0 Å². The molecule has 0 radical (unpaired) electrons. The SMILES string of the molecule is Cc1cc(C(=O)Nc2cccc(C(NCC3CC3)c3ccccc3O)c2)n(-c2cccc(CN)c2)n1. The van der Waals surface area contributed by atoms with Crippen LogP contribution in [0.2, 0.25) is 0 Å². The van der Waals surface area contributed by atoms with E-state index in [4.69, 9.17) is 5.73 Å². The number of phenols is 1. The van der Waals surface area contributed by atoms with Crippen LogP contribution in [0.5, 0.6) is 5.75 Å². The van der Waals surface area contributed by atoms with Gasteiger partial charge in [-0.3, -0.25) is 4.79 Å². The molecule has 0 aliphatic heterocycles. The molecule has 0 saturated heterocycles. The lowest BCUT2D eigenvalue weighted by molar-refractivity contribution is 0.101. The summed E-state index contributed by atoms with van der Waals surface area (Å²) in [5.41, 5.74) is 11.2. The molecular formula is C29H31N5O2. The number of rotatable bonds is 9. The van der Waals surface area contributed by atoms with Crippen LogP contribution in [0.15, 0.2) is 78.9 Å². The van der Waals surface area contributed by atoms with Crippen LogP contribution in [0.3, 0.4) is 0 Å². The molecule has 3 aromatic carbocycles. The van der Waals surface area contributed by atoms with Gasteiger partial charge in [0.05, 0.1) is 17.4 Å². The molecule has 7 heteroatoms. The van der Waals surface area contributed by atoms with Gasteiger partial charge < -0.3 is 21.5 Å². The van der Waals surface area contributed by atoms with Crippen molar-refractivity contribution in [2.24, 2.45) is 11.7 Å². The average molecular weight is 482 g/mol. The van der Waals surface area contributed by atoms with Crippen molar-refractivity contribution in [1.29, 1.82) is 0 Å². The molecule has 1 atom stereocenters. The number of aromatic hydroxyl groups is 1. The van der Waals surface area contributed by atoms with Gasteiger partial charge in [-0.25, -0.2) is 4.68 Å². The number of aromatic nitrogens is 2. The molecule has 4 aromatic rings. The number of hydrogen-bond donors (Lipinski definition) is 4. The van der Waals surface area contributed by atoms with Gasteiger partial charge in [0.2, 0.25) is 0 Å². The highest BCUT2D eigenvalue weighted by atomic mass is 16.3. The first-order chi connectivity index (χ1) is 17.5. The summed E-state index contributed by atoms with van der Waals surface area (Å²) in [5.74, 6) is 0.679. The summed E-state index contributed by atoms with van der Waals surface area (Å²) >= 11 is 0. The molecule has 0 spiro atoms. The predicted molar refractivity (Wildman–Crippen MR) is 141 cm³/mol. The van der Waals surface area contributed by atoms with Crippen molar-refractivity contribution < 1.29 is 9.90 Å². The van der Waals surface area contributed by atoms with E-state index >= 15 is 0 Å². The summed E-state index contributed by atoms with van der Waals surface area (Å²) in [7, 11) is 0. The lowest BCUT2D eigenvalue weighted by Crippen LogP contribution is -2.25. The third kappa shape index (κ3) is 5.32. The van der Waals surface area contributed by atoms with Crippen LogP contribution in [0.25, 0.3) is 5.69 Å². The topological polar surface area (TPSA) is 105 Å². The Kier molecular flexibility index (Phi) is 6.84. The summed E-state index contributed by atoms with van der Waals surface area (Å²) in [5, 5.41) is 21.7. The lowest BCUT2D eigenvalue weighted by Gasteiger charge is -2.21. The third-order valence-corrected chi connectivity index (χ3v) is 6.49. The van der Waals surface area contributed by atoms with Gasteiger partial charge >= 0.3 is 0 Å². The third-order valence-electron chi connectivity index (χ3n) is 6.49. The highest BCUT2D eigenvalue weighted by Crippen LogP contribution is 2.33. The van der Waals surface area contributed by atoms with Gasteiger partial charge in [0.1, 0.15) is 11.4 Å². The smallest absolute Gasteiger partial charge is 0.274 e. The minimum Gasteiger partial charge on any atom is -0.508 e. The Bertz CT molecular complexity index is 1380. The number of amides is 1. The van der Waals surface area contributed by atoms with Gasteiger partial charge in [-0.1, -0.05) is 42.5 Å². The first kappa shape index (κ1) is 23.8. The van der Waals surface area contributed by atoms with Crippen LogP contribution in [0.4, 0.5) is 5.69 Å². The molecular weight excluding hydrogens is 450 g/mol. The van der Waals surface area contributed by atoms with Gasteiger partial charge in [0, 0.05) is 17.8 Å². The Labute approximate surface area is 211 Å². The number of carbonyl (C=O) groups is 1. The fourth-order valence-corrected chi connectivity index (χ4v) is 4.41. The Morgan fingerprint density at radius 1 is 1.08 bits per heavy atom. The van der Waals surface area contributed by atoms with E-state index in [1.807, 2.05) is 73.7 Å². The van der Waals surface area contributed by atoms with Crippen LogP contribution in [-0.4, -0.2) is 27.3 Å². The highest BCUT2D eigenvalue weighted by molar-refractivity contribution is 6.03. The molecule has 1 amide bonds. The lowest BCUT2D eigenvalue weighted by atomic mass is 9.97. The van der Waals surface area contributed by atoms with Gasteiger partial charge in [-0.05, 0) is 79.8 Å². The van der Waals surface area contributed by atoms with Crippen LogP contribution < -0.4 is 16.4 Å². The number of aryl methyl sites for hydroxylation is 1. The summed E-state index contributed by atoms with van der Waals surface area (Å²) in [4.78, 5) is 13.4. The van der Waals surface area contributed by atoms with E-state index in [9.17, 15) is 9.90 Å². The number of nitrogens with two attached hydrogens (primary N) is 1. The molecule has 1 fully saturated rings. The summed E-state index contributed by atoms with van der Waals surface area (Å²) in [6.45, 7) is 3.16. The van der Waals surface area contributed by atoms with Crippen molar-refractivity contribution >= 4 is 11.6 Å². The van der Waals surface area contributed by atoms with Crippen molar-refractivity contribution in [2.45, 2.75) is 32.4 Å². The van der Waals surface area contributed by atoms with E-state index in [0.29, 0.717) is 23.8 Å². The average Bonchev–Trinajstić information content (AvgIpc) is 3.64. The first-order valence-corrected chi connectivity index (χ1v) is 12.3. The number of nitrogens with zero attached hydrogens (tertiary/aromatic N) is 2. The molecule has 1 heterocycles. The molecule has 1 aliphatic rings. The molecule has 5 rings (SSSR count). The zero-order valence-corrected chi connectivity index (χ0v) is 20.3. The Morgan fingerprint density at radius 3 is 2.67 bits per heavy atom. The van der Waals surface area contributed by atoms with Crippen molar-refractivity contribution in [3.8, 4) is 11.4 Å². The molecule has 5 N–H and O–H groups in total. The predicted octanol–water partition coefficient (Wildman–Crippen LogP) is 4.69. The fraction of sp³-hybridized carbons (Fsp3) is 0.241. The van der Waals surface area contributed by atoms with Crippen LogP contribution in [-0.2, 0) is 6.54 Å². The second-order valence-electron chi connectivity index (χ2n) is 9.38.